The molecule has 8 heteroatoms. The first-order valence-corrected chi connectivity index (χ1v) is 10.5. The predicted molar refractivity (Wildman–Crippen MR) is 113 cm³/mol. The first kappa shape index (κ1) is 30.9. The second-order valence-corrected chi connectivity index (χ2v) is 7.25. The maximum absolute atomic E-state index is 8.75. The van der Waals surface area contributed by atoms with Gasteiger partial charge in [-0.05, 0) is 48.5 Å². The van der Waals surface area contributed by atoms with E-state index < -0.39 is 0 Å². The van der Waals surface area contributed by atoms with Crippen molar-refractivity contribution in [2.24, 2.45) is 0 Å². The quantitative estimate of drug-likeness (QED) is 0.365. The highest BCUT2D eigenvalue weighted by Gasteiger charge is 2.09. The molecule has 0 fully saturated rings. The molecule has 0 bridgehead atoms. The molecule has 2 N–H and O–H groups in total. The summed E-state index contributed by atoms with van der Waals surface area (Å²) in [5, 5.41) is 17.5. The average molecular weight is 427 g/mol. The van der Waals surface area contributed by atoms with E-state index in [1.165, 1.54) is 0 Å². The Kier molecular flexibility index (Phi) is 22.3. The third-order valence-corrected chi connectivity index (χ3v) is 3.83. The van der Waals surface area contributed by atoms with Gasteiger partial charge in [-0.15, -0.1) is 0 Å². The maximum atomic E-state index is 8.75. The molecule has 0 radical (unpaired) electrons. The number of ether oxygens (including phenoxy) is 6. The van der Waals surface area contributed by atoms with Crippen LogP contribution in [0.5, 0.6) is 0 Å². The second kappa shape index (κ2) is 20.9. The molecule has 0 aliphatic heterocycles. The Morgan fingerprint density at radius 3 is 1.14 bits per heavy atom. The Balaban J connectivity index is 0. The summed E-state index contributed by atoms with van der Waals surface area (Å²) < 4.78 is 32.0. The molecule has 0 saturated carbocycles. The third-order valence-electron chi connectivity index (χ3n) is 3.83. The van der Waals surface area contributed by atoms with Crippen molar-refractivity contribution in [3.05, 3.63) is 0 Å². The van der Waals surface area contributed by atoms with Gasteiger partial charge in [0.05, 0.1) is 76.3 Å². The molecule has 0 rings (SSSR count). The Morgan fingerprint density at radius 1 is 0.517 bits per heavy atom. The SMILES string of the molecule is CCOC(C)COC(C)COC(C)CO.COC(C)COC(C)COC(C)CO. The van der Waals surface area contributed by atoms with E-state index in [4.69, 9.17) is 38.6 Å². The second-order valence-electron chi connectivity index (χ2n) is 7.25. The molecule has 29 heavy (non-hydrogen) atoms. The van der Waals surface area contributed by atoms with E-state index in [0.717, 1.165) is 0 Å². The number of aliphatic hydroxyl groups is 2. The Hall–Kier alpha value is -0.320. The molecule has 6 atom stereocenters. The highest BCUT2D eigenvalue weighted by molar-refractivity contribution is 4.55. The van der Waals surface area contributed by atoms with Gasteiger partial charge < -0.3 is 38.6 Å². The minimum Gasteiger partial charge on any atom is -0.394 e. The van der Waals surface area contributed by atoms with Crippen LogP contribution in [-0.4, -0.2) is 100 Å². The van der Waals surface area contributed by atoms with Crippen LogP contribution >= 0.6 is 0 Å². The van der Waals surface area contributed by atoms with Crippen LogP contribution in [-0.2, 0) is 28.4 Å². The molecular weight excluding hydrogens is 380 g/mol. The van der Waals surface area contributed by atoms with Crippen LogP contribution in [0.3, 0.4) is 0 Å². The largest absolute Gasteiger partial charge is 0.394 e. The number of hydrogen-bond donors (Lipinski definition) is 2. The van der Waals surface area contributed by atoms with E-state index in [-0.39, 0.29) is 49.8 Å². The van der Waals surface area contributed by atoms with Gasteiger partial charge in [-0.3, -0.25) is 0 Å². The van der Waals surface area contributed by atoms with Crippen LogP contribution in [0.2, 0.25) is 0 Å². The number of aliphatic hydroxyl groups excluding tert-OH is 2. The minimum absolute atomic E-state index is 0.0293. The van der Waals surface area contributed by atoms with Gasteiger partial charge in [0.15, 0.2) is 0 Å². The summed E-state index contributed by atoms with van der Waals surface area (Å²) in [5.74, 6) is 0. The van der Waals surface area contributed by atoms with Crippen LogP contribution in [0.25, 0.3) is 0 Å². The fourth-order valence-corrected chi connectivity index (χ4v) is 1.80. The van der Waals surface area contributed by atoms with E-state index >= 15 is 0 Å². The van der Waals surface area contributed by atoms with Gasteiger partial charge >= 0.3 is 0 Å². The van der Waals surface area contributed by atoms with E-state index in [0.29, 0.717) is 33.0 Å². The highest BCUT2D eigenvalue weighted by Crippen LogP contribution is 2.00. The highest BCUT2D eigenvalue weighted by atomic mass is 16.6. The Morgan fingerprint density at radius 2 is 0.828 bits per heavy atom. The molecule has 0 aliphatic carbocycles. The smallest absolute Gasteiger partial charge is 0.0781 e. The summed E-state index contributed by atoms with van der Waals surface area (Å²) in [7, 11) is 1.66. The van der Waals surface area contributed by atoms with Gasteiger partial charge in [0.2, 0.25) is 0 Å². The molecule has 8 nitrogen and oxygen atoms in total. The molecule has 0 heterocycles. The van der Waals surface area contributed by atoms with Crippen molar-refractivity contribution in [3.63, 3.8) is 0 Å². The molecule has 0 saturated heterocycles. The molecule has 178 valence electrons. The van der Waals surface area contributed by atoms with Crippen molar-refractivity contribution in [1.82, 2.24) is 0 Å². The van der Waals surface area contributed by atoms with E-state index in [2.05, 4.69) is 0 Å². The lowest BCUT2D eigenvalue weighted by atomic mass is 10.4. The molecule has 0 aromatic heterocycles. The lowest BCUT2D eigenvalue weighted by molar-refractivity contribution is -0.0729. The van der Waals surface area contributed by atoms with Crippen LogP contribution in [0.1, 0.15) is 48.5 Å². The minimum atomic E-state index is -0.125. The summed E-state index contributed by atoms with van der Waals surface area (Å²) in [6, 6.07) is 0. The van der Waals surface area contributed by atoms with Gasteiger partial charge in [0.1, 0.15) is 0 Å². The van der Waals surface area contributed by atoms with E-state index in [9.17, 15) is 0 Å². The normalized spacial score (nSPS) is 17.6. The maximum Gasteiger partial charge on any atom is 0.0781 e. The van der Waals surface area contributed by atoms with Gasteiger partial charge in [0, 0.05) is 13.7 Å². The van der Waals surface area contributed by atoms with Crippen molar-refractivity contribution in [3.8, 4) is 0 Å². The van der Waals surface area contributed by atoms with Crippen molar-refractivity contribution >= 4 is 0 Å². The van der Waals surface area contributed by atoms with Crippen LogP contribution < -0.4 is 0 Å². The predicted octanol–water partition coefficient (Wildman–Crippen LogP) is 2.04. The van der Waals surface area contributed by atoms with Crippen LogP contribution in [0.15, 0.2) is 0 Å². The summed E-state index contributed by atoms with van der Waals surface area (Å²) >= 11 is 0. The summed E-state index contributed by atoms with van der Waals surface area (Å²) in [4.78, 5) is 0. The number of methoxy groups -OCH3 is 1. The standard InChI is InChI=1S/C11H24O4.C10H22O4/c1-5-13-10(3)7-15-11(4)8-14-9(2)6-12;1-8(5-11)13-7-10(3)14-6-9(2)12-4/h9-12H,5-8H2,1-4H3;8-11H,5-7H2,1-4H3. The summed E-state index contributed by atoms with van der Waals surface area (Å²) in [6.45, 7) is 16.4. The van der Waals surface area contributed by atoms with Crippen molar-refractivity contribution < 1.29 is 38.6 Å². The van der Waals surface area contributed by atoms with Crippen molar-refractivity contribution in [2.45, 2.75) is 85.1 Å². The van der Waals surface area contributed by atoms with Crippen molar-refractivity contribution in [1.29, 1.82) is 0 Å². The lowest BCUT2D eigenvalue weighted by Gasteiger charge is -2.18. The van der Waals surface area contributed by atoms with E-state index in [1.54, 1.807) is 7.11 Å². The first-order chi connectivity index (χ1) is 13.7. The van der Waals surface area contributed by atoms with Gasteiger partial charge in [0.25, 0.3) is 0 Å². The zero-order chi connectivity index (χ0) is 22.7. The number of hydrogen-bond acceptors (Lipinski definition) is 8. The average Bonchev–Trinajstić information content (AvgIpc) is 2.72. The van der Waals surface area contributed by atoms with Crippen LogP contribution in [0.4, 0.5) is 0 Å². The monoisotopic (exact) mass is 426 g/mol. The van der Waals surface area contributed by atoms with Gasteiger partial charge in [-0.25, -0.2) is 0 Å². The molecule has 0 aliphatic rings. The topological polar surface area (TPSA) is 95.8 Å². The fraction of sp³-hybridized carbons (Fsp3) is 1.00. The summed E-state index contributed by atoms with van der Waals surface area (Å²) in [5.41, 5.74) is 0. The lowest BCUT2D eigenvalue weighted by Crippen LogP contribution is -2.26. The zero-order valence-electron chi connectivity index (χ0n) is 19.8. The molecule has 0 amide bonds. The molecule has 0 spiro atoms. The first-order valence-electron chi connectivity index (χ1n) is 10.5. The van der Waals surface area contributed by atoms with Gasteiger partial charge in [-0.1, -0.05) is 0 Å². The van der Waals surface area contributed by atoms with Crippen LogP contribution in [0, 0.1) is 0 Å². The summed E-state index contributed by atoms with van der Waals surface area (Å²) in [6.07, 6.45) is 0.0326. The molecule has 6 unspecified atom stereocenters. The molecular formula is C21H46O8. The third kappa shape index (κ3) is 22.2. The molecule has 0 aromatic rings. The van der Waals surface area contributed by atoms with E-state index in [1.807, 2.05) is 48.5 Å². The van der Waals surface area contributed by atoms with Gasteiger partial charge in [-0.2, -0.15) is 0 Å². The fourth-order valence-electron chi connectivity index (χ4n) is 1.80. The van der Waals surface area contributed by atoms with Crippen molar-refractivity contribution in [2.75, 3.05) is 53.4 Å². The Labute approximate surface area is 177 Å². The zero-order valence-corrected chi connectivity index (χ0v) is 19.8. The molecule has 0 aromatic carbocycles. The Bertz CT molecular complexity index is 318. The number of rotatable bonds is 17.